The number of hydrogen-bond acceptors (Lipinski definition) is 7. The van der Waals surface area contributed by atoms with E-state index in [4.69, 9.17) is 15.9 Å². The first-order valence-corrected chi connectivity index (χ1v) is 15.7. The largest absolute Gasteiger partial charge is 0.445 e. The van der Waals surface area contributed by atoms with Crippen molar-refractivity contribution in [1.82, 2.24) is 0 Å². The zero-order valence-electron chi connectivity index (χ0n) is 23.9. The third-order valence-corrected chi connectivity index (χ3v) is 9.49. The van der Waals surface area contributed by atoms with Crippen molar-refractivity contribution in [3.63, 3.8) is 0 Å². The number of nitrogens with one attached hydrogen (secondary N) is 2. The molecule has 43 heavy (non-hydrogen) atoms. The Morgan fingerprint density at radius 2 is 1.74 bits per heavy atom. The highest BCUT2D eigenvalue weighted by atomic mass is 32.2. The summed E-state index contributed by atoms with van der Waals surface area (Å²) in [5.74, 6) is -0.650. The maximum absolute atomic E-state index is 13.1. The molecular formula is C33H34N4O5S. The van der Waals surface area contributed by atoms with Crippen LogP contribution in [0, 0.1) is 5.41 Å². The number of esters is 1. The quantitative estimate of drug-likeness (QED) is 0.135. The SMILES string of the molecule is CC(OC(=O)CNc1ccc2c(c1)CCCN2C(=O)CCc1ccc(C(=N)N)cc1)S(=O)(=O)c1ccc2ccccc2c1. The first-order valence-electron chi connectivity index (χ1n) is 14.1. The van der Waals surface area contributed by atoms with Crippen LogP contribution in [0.5, 0.6) is 0 Å². The van der Waals surface area contributed by atoms with Crippen LogP contribution in [0.1, 0.15) is 36.5 Å². The molecule has 0 fully saturated rings. The minimum atomic E-state index is -3.88. The number of rotatable bonds is 10. The number of anilines is 2. The van der Waals surface area contributed by atoms with Gasteiger partial charge in [-0.2, -0.15) is 0 Å². The highest BCUT2D eigenvalue weighted by Crippen LogP contribution is 2.30. The summed E-state index contributed by atoms with van der Waals surface area (Å²) < 4.78 is 31.4. The van der Waals surface area contributed by atoms with E-state index in [0.29, 0.717) is 30.6 Å². The van der Waals surface area contributed by atoms with Gasteiger partial charge in [-0.15, -0.1) is 0 Å². The molecule has 1 amide bonds. The molecule has 4 aromatic carbocycles. The van der Waals surface area contributed by atoms with Crippen LogP contribution in [0.4, 0.5) is 11.4 Å². The van der Waals surface area contributed by atoms with Crippen molar-refractivity contribution < 1.29 is 22.7 Å². The third kappa shape index (κ3) is 6.86. The molecule has 0 aromatic heterocycles. The Balaban J connectivity index is 1.16. The van der Waals surface area contributed by atoms with Crippen molar-refractivity contribution in [3.05, 3.63) is 102 Å². The average molecular weight is 599 g/mol. The monoisotopic (exact) mass is 598 g/mol. The van der Waals surface area contributed by atoms with E-state index in [1.54, 1.807) is 35.2 Å². The normalized spacial score (nSPS) is 13.7. The summed E-state index contributed by atoms with van der Waals surface area (Å²) in [6, 6.07) is 25.2. The molecule has 1 aliphatic rings. The molecule has 0 saturated carbocycles. The van der Waals surface area contributed by atoms with E-state index in [1.807, 2.05) is 48.5 Å². The van der Waals surface area contributed by atoms with Gasteiger partial charge in [0, 0.05) is 29.9 Å². The number of amides is 1. The van der Waals surface area contributed by atoms with Gasteiger partial charge in [-0.25, -0.2) is 8.42 Å². The van der Waals surface area contributed by atoms with Crippen LogP contribution in [0.3, 0.4) is 0 Å². The molecule has 1 aliphatic heterocycles. The molecule has 0 saturated heterocycles. The number of fused-ring (bicyclic) bond motifs is 2. The first kappa shape index (κ1) is 29.8. The van der Waals surface area contributed by atoms with Gasteiger partial charge < -0.3 is 20.7 Å². The molecule has 0 aliphatic carbocycles. The molecule has 222 valence electrons. The Morgan fingerprint density at radius 1 is 1.00 bits per heavy atom. The van der Waals surface area contributed by atoms with Gasteiger partial charge in [-0.3, -0.25) is 15.0 Å². The van der Waals surface area contributed by atoms with Crippen molar-refractivity contribution in [1.29, 1.82) is 5.41 Å². The first-order chi connectivity index (χ1) is 20.6. The van der Waals surface area contributed by atoms with Crippen molar-refractivity contribution in [3.8, 4) is 0 Å². The van der Waals surface area contributed by atoms with Gasteiger partial charge in [0.15, 0.2) is 0 Å². The number of nitrogens with zero attached hydrogens (tertiary/aromatic N) is 1. The fourth-order valence-electron chi connectivity index (χ4n) is 5.20. The van der Waals surface area contributed by atoms with E-state index >= 15 is 0 Å². The summed E-state index contributed by atoms with van der Waals surface area (Å²) in [6.07, 6.45) is 2.55. The molecule has 1 atom stereocenters. The van der Waals surface area contributed by atoms with Gasteiger partial charge in [-0.05, 0) is 78.4 Å². The summed E-state index contributed by atoms with van der Waals surface area (Å²) in [6.45, 7) is 1.79. The standard InChI is InChI=1S/C33H34N4O5S/c1-22(43(40,41)29-15-13-24-5-2-3-6-26(24)20-29)42-32(39)21-36-28-14-16-30-27(19-28)7-4-18-37(30)31(38)17-10-23-8-11-25(12-9-23)33(34)35/h2-3,5-6,8-9,11-16,19-20,22,36H,4,7,10,17-18,21H2,1H3,(H3,34,35). The van der Waals surface area contributed by atoms with E-state index in [2.05, 4.69) is 5.32 Å². The van der Waals surface area contributed by atoms with Crippen LogP contribution in [0.15, 0.2) is 89.8 Å². The van der Waals surface area contributed by atoms with Crippen LogP contribution >= 0.6 is 0 Å². The molecule has 0 bridgehead atoms. The zero-order chi connectivity index (χ0) is 30.6. The minimum Gasteiger partial charge on any atom is -0.445 e. The van der Waals surface area contributed by atoms with Gasteiger partial charge in [0.1, 0.15) is 12.4 Å². The molecule has 9 nitrogen and oxygen atoms in total. The number of hydrogen-bond donors (Lipinski definition) is 3. The number of benzene rings is 4. The number of ether oxygens (including phenoxy) is 1. The molecule has 10 heteroatoms. The smallest absolute Gasteiger partial charge is 0.326 e. The number of carbonyl (C=O) groups is 2. The highest BCUT2D eigenvalue weighted by Gasteiger charge is 2.27. The fraction of sp³-hybridized carbons (Fsp3) is 0.242. The number of sulfone groups is 1. The predicted octanol–water partition coefficient (Wildman–Crippen LogP) is 4.81. The van der Waals surface area contributed by atoms with Crippen molar-refractivity contribution in [2.24, 2.45) is 5.73 Å². The Bertz CT molecular complexity index is 1790. The summed E-state index contributed by atoms with van der Waals surface area (Å²) >= 11 is 0. The van der Waals surface area contributed by atoms with Gasteiger partial charge >= 0.3 is 5.97 Å². The summed E-state index contributed by atoms with van der Waals surface area (Å²) in [5.41, 5.74) is 8.35. The zero-order valence-corrected chi connectivity index (χ0v) is 24.7. The average Bonchev–Trinajstić information content (AvgIpc) is 3.02. The third-order valence-electron chi connectivity index (χ3n) is 7.61. The predicted molar refractivity (Wildman–Crippen MR) is 168 cm³/mol. The van der Waals surface area contributed by atoms with E-state index in [1.165, 1.54) is 13.0 Å². The van der Waals surface area contributed by atoms with Crippen LogP contribution < -0.4 is 16.0 Å². The number of nitrogens with two attached hydrogens (primary N) is 1. The van der Waals surface area contributed by atoms with Crippen molar-refractivity contribution in [2.45, 2.75) is 42.9 Å². The Hall–Kier alpha value is -4.70. The molecule has 5 rings (SSSR count). The maximum atomic E-state index is 13.1. The molecule has 0 radical (unpaired) electrons. The highest BCUT2D eigenvalue weighted by molar-refractivity contribution is 7.91. The van der Waals surface area contributed by atoms with Gasteiger partial charge in [0.2, 0.25) is 21.2 Å². The number of carbonyl (C=O) groups excluding carboxylic acids is 2. The van der Waals surface area contributed by atoms with E-state index in [-0.39, 0.29) is 23.2 Å². The molecule has 4 aromatic rings. The van der Waals surface area contributed by atoms with E-state index < -0.39 is 21.2 Å². The number of amidine groups is 1. The van der Waals surface area contributed by atoms with Crippen LogP contribution in [-0.2, 0) is 37.0 Å². The van der Waals surface area contributed by atoms with Crippen molar-refractivity contribution >= 4 is 49.7 Å². The van der Waals surface area contributed by atoms with Crippen LogP contribution in [0.25, 0.3) is 10.8 Å². The van der Waals surface area contributed by atoms with Gasteiger partial charge in [0.25, 0.3) is 0 Å². The Labute approximate surface area is 251 Å². The van der Waals surface area contributed by atoms with E-state index in [9.17, 15) is 18.0 Å². The van der Waals surface area contributed by atoms with Gasteiger partial charge in [-0.1, -0.05) is 54.6 Å². The Morgan fingerprint density at radius 3 is 2.49 bits per heavy atom. The molecule has 1 heterocycles. The Kier molecular flexibility index (Phi) is 8.77. The lowest BCUT2D eigenvalue weighted by Gasteiger charge is -2.30. The van der Waals surface area contributed by atoms with Crippen LogP contribution in [0.2, 0.25) is 0 Å². The van der Waals surface area contributed by atoms with Crippen LogP contribution in [-0.4, -0.2) is 44.7 Å². The maximum Gasteiger partial charge on any atom is 0.326 e. The number of nitrogen functional groups attached to an aromatic ring is 1. The van der Waals surface area contributed by atoms with Gasteiger partial charge in [0.05, 0.1) is 4.90 Å². The lowest BCUT2D eigenvalue weighted by molar-refractivity contribution is -0.142. The molecule has 4 N–H and O–H groups in total. The second kappa shape index (κ2) is 12.7. The second-order valence-corrected chi connectivity index (χ2v) is 12.8. The summed E-state index contributed by atoms with van der Waals surface area (Å²) in [7, 11) is -3.88. The lowest BCUT2D eigenvalue weighted by atomic mass is 9.99. The number of aryl methyl sites for hydroxylation is 2. The van der Waals surface area contributed by atoms with Crippen molar-refractivity contribution in [2.75, 3.05) is 23.3 Å². The molecule has 1 unspecified atom stereocenters. The topological polar surface area (TPSA) is 143 Å². The second-order valence-electron chi connectivity index (χ2n) is 10.6. The molecule has 0 spiro atoms. The lowest BCUT2D eigenvalue weighted by Crippen LogP contribution is -2.35. The summed E-state index contributed by atoms with van der Waals surface area (Å²) in [4.78, 5) is 27.6. The molecular weight excluding hydrogens is 564 g/mol. The fourth-order valence-corrected chi connectivity index (χ4v) is 6.37. The summed E-state index contributed by atoms with van der Waals surface area (Å²) in [5, 5.41) is 12.2. The van der Waals surface area contributed by atoms with E-state index in [0.717, 1.165) is 40.4 Å². The minimum absolute atomic E-state index is 0.0118.